The summed E-state index contributed by atoms with van der Waals surface area (Å²) in [7, 11) is 0. The van der Waals surface area contributed by atoms with Crippen molar-refractivity contribution in [2.45, 2.75) is 9.92 Å². The van der Waals surface area contributed by atoms with Crippen LogP contribution in [0.25, 0.3) is 0 Å². The van der Waals surface area contributed by atoms with Gasteiger partial charge in [-0.15, -0.1) is 0 Å². The van der Waals surface area contributed by atoms with Crippen LogP contribution in [0, 0.1) is 0 Å². The van der Waals surface area contributed by atoms with Crippen LogP contribution in [0.3, 0.4) is 0 Å². The SMILES string of the molecule is Oc1cc(Sc2ccccn2)c(O)[nH]1. The van der Waals surface area contributed by atoms with Crippen LogP contribution in [0.2, 0.25) is 0 Å². The Balaban J connectivity index is 2.23. The van der Waals surface area contributed by atoms with E-state index < -0.39 is 0 Å². The molecule has 0 radical (unpaired) electrons. The first-order valence-electron chi connectivity index (χ1n) is 3.95. The number of nitrogens with zero attached hydrogens (tertiary/aromatic N) is 1. The zero-order valence-corrected chi connectivity index (χ0v) is 7.95. The number of pyridine rings is 1. The molecule has 5 heteroatoms. The van der Waals surface area contributed by atoms with Crippen molar-refractivity contribution in [2.24, 2.45) is 0 Å². The minimum absolute atomic E-state index is 0.0434. The first kappa shape index (κ1) is 8.96. The molecular formula is C9H8N2O2S. The van der Waals surface area contributed by atoms with E-state index in [0.717, 1.165) is 5.03 Å². The third-order valence-electron chi connectivity index (χ3n) is 1.60. The van der Waals surface area contributed by atoms with E-state index in [4.69, 9.17) is 5.11 Å². The van der Waals surface area contributed by atoms with Gasteiger partial charge >= 0.3 is 0 Å². The number of H-pyrrole nitrogens is 1. The number of nitrogens with one attached hydrogen (secondary N) is 1. The van der Waals surface area contributed by atoms with E-state index in [2.05, 4.69) is 9.97 Å². The number of hydrogen-bond donors (Lipinski definition) is 3. The van der Waals surface area contributed by atoms with Crippen molar-refractivity contribution in [3.05, 3.63) is 30.5 Å². The summed E-state index contributed by atoms with van der Waals surface area (Å²) < 4.78 is 0. The molecule has 2 aromatic heterocycles. The first-order valence-corrected chi connectivity index (χ1v) is 4.77. The maximum Gasteiger partial charge on any atom is 0.205 e. The van der Waals surface area contributed by atoms with Gasteiger partial charge < -0.3 is 10.2 Å². The lowest BCUT2D eigenvalue weighted by molar-refractivity contribution is 0.421. The quantitative estimate of drug-likeness (QED) is 0.705. The highest BCUT2D eigenvalue weighted by atomic mass is 32.2. The van der Waals surface area contributed by atoms with Crippen LogP contribution in [-0.4, -0.2) is 20.2 Å². The minimum atomic E-state index is -0.0547. The second-order valence-corrected chi connectivity index (χ2v) is 3.70. The maximum absolute atomic E-state index is 9.33. The van der Waals surface area contributed by atoms with Crippen molar-refractivity contribution < 1.29 is 10.2 Å². The third-order valence-corrected chi connectivity index (χ3v) is 2.58. The van der Waals surface area contributed by atoms with Crippen LogP contribution in [0.4, 0.5) is 0 Å². The van der Waals surface area contributed by atoms with Gasteiger partial charge in [0.05, 0.1) is 4.90 Å². The molecule has 72 valence electrons. The van der Waals surface area contributed by atoms with Crippen molar-refractivity contribution in [1.82, 2.24) is 9.97 Å². The molecule has 2 heterocycles. The molecular weight excluding hydrogens is 200 g/mol. The Labute approximate surface area is 84.6 Å². The predicted octanol–water partition coefficient (Wildman–Crippen LogP) is 1.97. The van der Waals surface area contributed by atoms with Gasteiger partial charge in [-0.25, -0.2) is 4.98 Å². The summed E-state index contributed by atoms with van der Waals surface area (Å²) in [5.74, 6) is -0.0981. The van der Waals surface area contributed by atoms with Gasteiger partial charge in [-0.1, -0.05) is 17.8 Å². The van der Waals surface area contributed by atoms with Crippen LogP contribution in [0.5, 0.6) is 11.8 Å². The fraction of sp³-hybridized carbons (Fsp3) is 0. The van der Waals surface area contributed by atoms with Crippen molar-refractivity contribution in [3.8, 4) is 11.8 Å². The molecule has 2 aromatic rings. The lowest BCUT2D eigenvalue weighted by Crippen LogP contribution is -1.75. The van der Waals surface area contributed by atoms with Gasteiger partial charge in [-0.3, -0.25) is 4.98 Å². The smallest absolute Gasteiger partial charge is 0.205 e. The normalized spacial score (nSPS) is 10.3. The van der Waals surface area contributed by atoms with Crippen LogP contribution < -0.4 is 0 Å². The summed E-state index contributed by atoms with van der Waals surface area (Å²) in [6.45, 7) is 0. The van der Waals surface area contributed by atoms with Crippen LogP contribution in [0.15, 0.2) is 40.4 Å². The van der Waals surface area contributed by atoms with E-state index in [-0.39, 0.29) is 11.8 Å². The Kier molecular flexibility index (Phi) is 2.32. The van der Waals surface area contributed by atoms with Gasteiger partial charge in [0, 0.05) is 12.3 Å². The molecule has 0 amide bonds. The second-order valence-electron chi connectivity index (χ2n) is 2.64. The Morgan fingerprint density at radius 3 is 2.71 bits per heavy atom. The summed E-state index contributed by atoms with van der Waals surface area (Å²) in [5, 5.41) is 19.2. The standard InChI is InChI=1S/C9H8N2O2S/c12-7-5-6(9(13)11-7)14-8-3-1-2-4-10-8/h1-5,11-13H. The van der Waals surface area contributed by atoms with Crippen molar-refractivity contribution in [1.29, 1.82) is 0 Å². The summed E-state index contributed by atoms with van der Waals surface area (Å²) in [4.78, 5) is 7.03. The van der Waals surface area contributed by atoms with E-state index >= 15 is 0 Å². The molecule has 4 nitrogen and oxygen atoms in total. The average molecular weight is 208 g/mol. The Hall–Kier alpha value is -1.62. The topological polar surface area (TPSA) is 69.1 Å². The minimum Gasteiger partial charge on any atom is -0.494 e. The zero-order valence-electron chi connectivity index (χ0n) is 7.14. The van der Waals surface area contributed by atoms with Gasteiger partial charge in [0.1, 0.15) is 5.03 Å². The molecule has 3 N–H and O–H groups in total. The Morgan fingerprint density at radius 2 is 2.14 bits per heavy atom. The monoisotopic (exact) mass is 208 g/mol. The lowest BCUT2D eigenvalue weighted by Gasteiger charge is -1.96. The Bertz CT molecular complexity index is 428. The molecule has 0 saturated heterocycles. The van der Waals surface area contributed by atoms with Crippen LogP contribution >= 0.6 is 11.8 Å². The molecule has 14 heavy (non-hydrogen) atoms. The summed E-state index contributed by atoms with van der Waals surface area (Å²) >= 11 is 1.28. The molecule has 0 unspecified atom stereocenters. The molecule has 0 atom stereocenters. The van der Waals surface area contributed by atoms with Crippen molar-refractivity contribution >= 4 is 11.8 Å². The van der Waals surface area contributed by atoms with Crippen LogP contribution in [0.1, 0.15) is 0 Å². The molecule has 2 rings (SSSR count). The largest absolute Gasteiger partial charge is 0.494 e. The van der Waals surface area contributed by atoms with Gasteiger partial charge in [-0.05, 0) is 12.1 Å². The van der Waals surface area contributed by atoms with E-state index in [1.807, 2.05) is 18.2 Å². The average Bonchev–Trinajstić information content (AvgIpc) is 2.47. The van der Waals surface area contributed by atoms with E-state index in [1.54, 1.807) is 6.20 Å². The van der Waals surface area contributed by atoms with Gasteiger partial charge in [0.2, 0.25) is 5.88 Å². The van der Waals surface area contributed by atoms with Gasteiger partial charge in [0.15, 0.2) is 5.88 Å². The third kappa shape index (κ3) is 1.82. The number of aromatic amines is 1. The zero-order chi connectivity index (χ0) is 9.97. The summed E-state index contributed by atoms with van der Waals surface area (Å²) in [5.41, 5.74) is 0. The van der Waals surface area contributed by atoms with Crippen molar-refractivity contribution in [3.63, 3.8) is 0 Å². The number of aromatic nitrogens is 2. The van der Waals surface area contributed by atoms with Crippen molar-refractivity contribution in [2.75, 3.05) is 0 Å². The highest BCUT2D eigenvalue weighted by Crippen LogP contribution is 2.35. The van der Waals surface area contributed by atoms with E-state index in [1.165, 1.54) is 17.8 Å². The van der Waals surface area contributed by atoms with E-state index in [9.17, 15) is 5.11 Å². The Morgan fingerprint density at radius 1 is 1.29 bits per heavy atom. The summed E-state index contributed by atoms with van der Waals surface area (Å²) in [6.07, 6.45) is 1.67. The van der Waals surface area contributed by atoms with Gasteiger partial charge in [0.25, 0.3) is 0 Å². The predicted molar refractivity (Wildman–Crippen MR) is 52.5 cm³/mol. The number of hydrogen-bond acceptors (Lipinski definition) is 4. The molecule has 0 aliphatic rings. The molecule has 0 saturated carbocycles. The van der Waals surface area contributed by atoms with Gasteiger partial charge in [-0.2, -0.15) is 0 Å². The molecule has 0 bridgehead atoms. The highest BCUT2D eigenvalue weighted by Gasteiger charge is 2.07. The maximum atomic E-state index is 9.33. The molecule has 0 fully saturated rings. The summed E-state index contributed by atoms with van der Waals surface area (Å²) in [6, 6.07) is 6.96. The second kappa shape index (κ2) is 3.63. The van der Waals surface area contributed by atoms with E-state index in [0.29, 0.717) is 4.90 Å². The molecule has 0 aliphatic carbocycles. The fourth-order valence-electron chi connectivity index (χ4n) is 1.01. The number of rotatable bonds is 2. The molecule has 0 spiro atoms. The lowest BCUT2D eigenvalue weighted by atomic mass is 10.5. The number of aromatic hydroxyl groups is 2. The molecule has 0 aromatic carbocycles. The molecule has 0 aliphatic heterocycles. The fourth-order valence-corrected chi connectivity index (χ4v) is 1.81. The van der Waals surface area contributed by atoms with Crippen LogP contribution in [-0.2, 0) is 0 Å². The first-order chi connectivity index (χ1) is 6.75. The highest BCUT2D eigenvalue weighted by molar-refractivity contribution is 7.99.